The van der Waals surface area contributed by atoms with Crippen LogP contribution >= 0.6 is 27.3 Å². The van der Waals surface area contributed by atoms with Crippen molar-refractivity contribution in [3.63, 3.8) is 0 Å². The number of carboxylic acids is 2. The number of rotatable bonds is 5. The first-order chi connectivity index (χ1) is 9.90. The van der Waals surface area contributed by atoms with Crippen molar-refractivity contribution in [2.75, 3.05) is 6.61 Å². The van der Waals surface area contributed by atoms with Gasteiger partial charge in [-0.25, -0.2) is 9.59 Å². The molecule has 0 spiro atoms. The number of halogens is 1. The Morgan fingerprint density at radius 2 is 1.81 bits per heavy atom. The first-order valence-electron chi connectivity index (χ1n) is 5.59. The molecule has 0 radical (unpaired) electrons. The van der Waals surface area contributed by atoms with E-state index in [1.165, 1.54) is 12.1 Å². The van der Waals surface area contributed by atoms with Gasteiger partial charge in [-0.15, -0.1) is 11.3 Å². The molecule has 0 aliphatic carbocycles. The number of aromatic hydroxyl groups is 1. The van der Waals surface area contributed by atoms with Crippen molar-refractivity contribution in [1.29, 1.82) is 0 Å². The average Bonchev–Trinajstić information content (AvgIpc) is 2.75. The van der Waals surface area contributed by atoms with E-state index >= 15 is 0 Å². The van der Waals surface area contributed by atoms with E-state index in [1.807, 2.05) is 0 Å². The van der Waals surface area contributed by atoms with Crippen molar-refractivity contribution in [3.05, 3.63) is 33.6 Å². The van der Waals surface area contributed by atoms with Gasteiger partial charge in [-0.3, -0.25) is 0 Å². The van der Waals surface area contributed by atoms with E-state index in [0.717, 1.165) is 11.3 Å². The van der Waals surface area contributed by atoms with Gasteiger partial charge in [0.05, 0.1) is 9.35 Å². The van der Waals surface area contributed by atoms with Crippen LogP contribution in [-0.2, 0) is 4.79 Å². The van der Waals surface area contributed by atoms with Gasteiger partial charge in [0, 0.05) is 0 Å². The van der Waals surface area contributed by atoms with Crippen LogP contribution < -0.4 is 4.74 Å². The fourth-order valence-corrected chi connectivity index (χ4v) is 3.50. The highest BCUT2D eigenvalue weighted by molar-refractivity contribution is 9.10. The van der Waals surface area contributed by atoms with Gasteiger partial charge in [-0.05, 0) is 45.8 Å². The van der Waals surface area contributed by atoms with Crippen LogP contribution in [0.25, 0.3) is 10.4 Å². The molecule has 0 amide bonds. The zero-order chi connectivity index (χ0) is 15.6. The number of hydrogen-bond acceptors (Lipinski definition) is 5. The Kier molecular flexibility index (Phi) is 4.49. The molecule has 0 saturated carbocycles. The van der Waals surface area contributed by atoms with Gasteiger partial charge < -0.3 is 20.1 Å². The highest BCUT2D eigenvalue weighted by Gasteiger charge is 2.24. The molecule has 8 heteroatoms. The highest BCUT2D eigenvalue weighted by atomic mass is 79.9. The summed E-state index contributed by atoms with van der Waals surface area (Å²) in [7, 11) is 0. The summed E-state index contributed by atoms with van der Waals surface area (Å²) in [6.45, 7) is -0.634. The van der Waals surface area contributed by atoms with Crippen molar-refractivity contribution >= 4 is 39.2 Å². The Labute approximate surface area is 131 Å². The average molecular weight is 373 g/mol. The van der Waals surface area contributed by atoms with Crippen LogP contribution in [0, 0.1) is 0 Å². The van der Waals surface area contributed by atoms with Crippen LogP contribution in [0.5, 0.6) is 11.5 Å². The molecule has 110 valence electrons. The zero-order valence-electron chi connectivity index (χ0n) is 10.4. The number of ether oxygens (including phenoxy) is 1. The van der Waals surface area contributed by atoms with Gasteiger partial charge in [-0.1, -0.05) is 0 Å². The maximum atomic E-state index is 11.2. The molecule has 6 nitrogen and oxygen atoms in total. The number of carboxylic acid groups (broad SMARTS) is 2. The number of aliphatic carboxylic acids is 1. The molecule has 0 unspecified atom stereocenters. The first kappa shape index (κ1) is 15.3. The van der Waals surface area contributed by atoms with E-state index in [9.17, 15) is 19.8 Å². The second kappa shape index (κ2) is 6.15. The summed E-state index contributed by atoms with van der Waals surface area (Å²) in [5, 5.41) is 27.1. The quantitative estimate of drug-likeness (QED) is 0.744. The zero-order valence-corrected chi connectivity index (χ0v) is 12.8. The molecule has 1 heterocycles. The van der Waals surface area contributed by atoms with Crippen LogP contribution in [0.4, 0.5) is 0 Å². The fraction of sp³-hybridized carbons (Fsp3) is 0.0769. The molecule has 0 bridgehead atoms. The largest absolute Gasteiger partial charge is 0.508 e. The van der Waals surface area contributed by atoms with Gasteiger partial charge in [0.1, 0.15) is 5.75 Å². The van der Waals surface area contributed by atoms with Crippen molar-refractivity contribution in [2.24, 2.45) is 0 Å². The number of aromatic carboxylic acids is 1. The lowest BCUT2D eigenvalue weighted by Crippen LogP contribution is -2.11. The fourth-order valence-electron chi connectivity index (χ4n) is 1.60. The Morgan fingerprint density at radius 1 is 1.19 bits per heavy atom. The summed E-state index contributed by atoms with van der Waals surface area (Å²) in [6.07, 6.45) is 0. The number of carbonyl (C=O) groups is 2. The Balaban J connectivity index is 2.48. The van der Waals surface area contributed by atoms with Crippen molar-refractivity contribution in [2.45, 2.75) is 0 Å². The topological polar surface area (TPSA) is 104 Å². The lowest BCUT2D eigenvalue weighted by molar-refractivity contribution is -0.139. The van der Waals surface area contributed by atoms with E-state index in [2.05, 4.69) is 15.9 Å². The summed E-state index contributed by atoms with van der Waals surface area (Å²) in [5.41, 5.74) is 0.678. The first-order valence-corrected chi connectivity index (χ1v) is 7.20. The highest BCUT2D eigenvalue weighted by Crippen LogP contribution is 2.45. The van der Waals surface area contributed by atoms with Crippen LogP contribution in [-0.4, -0.2) is 33.9 Å². The van der Waals surface area contributed by atoms with Crippen molar-refractivity contribution in [1.82, 2.24) is 0 Å². The Hall–Kier alpha value is -2.06. The predicted octanol–water partition coefficient (Wildman–Crippen LogP) is 3.04. The SMILES string of the molecule is O=C(O)COc1c(C(=O)O)sc(-c2ccc(O)cc2)c1Br. The minimum Gasteiger partial charge on any atom is -0.508 e. The van der Waals surface area contributed by atoms with E-state index in [0.29, 0.717) is 14.9 Å². The molecule has 0 aliphatic heterocycles. The second-order valence-corrected chi connectivity index (χ2v) is 5.75. The summed E-state index contributed by atoms with van der Waals surface area (Å²) in [4.78, 5) is 22.3. The summed E-state index contributed by atoms with van der Waals surface area (Å²) in [5.74, 6) is -2.33. The van der Waals surface area contributed by atoms with Gasteiger partial charge in [-0.2, -0.15) is 0 Å². The standard InChI is InChI=1S/C13H9BrO6S/c14-9-10(20-5-8(16)17)12(13(18)19)21-11(9)6-1-3-7(15)4-2-6/h1-4,15H,5H2,(H,16,17)(H,18,19). The number of hydrogen-bond donors (Lipinski definition) is 3. The van der Waals surface area contributed by atoms with Gasteiger partial charge >= 0.3 is 11.9 Å². The van der Waals surface area contributed by atoms with Crippen LogP contribution in [0.3, 0.4) is 0 Å². The lowest BCUT2D eigenvalue weighted by Gasteiger charge is -2.03. The molecule has 0 aliphatic rings. The second-order valence-electron chi connectivity index (χ2n) is 3.94. The third-order valence-electron chi connectivity index (χ3n) is 2.47. The molecule has 1 aromatic carbocycles. The minimum atomic E-state index is -1.20. The maximum absolute atomic E-state index is 11.2. The molecule has 0 saturated heterocycles. The molecule has 1 aromatic heterocycles. The van der Waals surface area contributed by atoms with Crippen molar-refractivity contribution < 1.29 is 29.6 Å². The molecule has 0 fully saturated rings. The lowest BCUT2D eigenvalue weighted by atomic mass is 10.2. The normalized spacial score (nSPS) is 10.3. The van der Waals surface area contributed by atoms with Crippen molar-refractivity contribution in [3.8, 4) is 21.9 Å². The molecule has 21 heavy (non-hydrogen) atoms. The number of thiophene rings is 1. The number of phenols is 1. The Morgan fingerprint density at radius 3 is 2.33 bits per heavy atom. The summed E-state index contributed by atoms with van der Waals surface area (Å²) >= 11 is 4.20. The van der Waals surface area contributed by atoms with Gasteiger partial charge in [0.2, 0.25) is 0 Å². The van der Waals surface area contributed by atoms with E-state index < -0.39 is 18.5 Å². The Bertz CT molecular complexity index is 691. The molecule has 2 aromatic rings. The smallest absolute Gasteiger partial charge is 0.349 e. The number of phenolic OH excluding ortho intramolecular Hbond substituents is 1. The van der Waals surface area contributed by atoms with Crippen LogP contribution in [0.1, 0.15) is 9.67 Å². The third kappa shape index (κ3) is 3.34. The molecule has 3 N–H and O–H groups in total. The van der Waals surface area contributed by atoms with E-state index in [-0.39, 0.29) is 16.4 Å². The monoisotopic (exact) mass is 372 g/mol. The molecule has 2 rings (SSSR count). The van der Waals surface area contributed by atoms with E-state index in [4.69, 9.17) is 9.84 Å². The molecular weight excluding hydrogens is 364 g/mol. The summed E-state index contributed by atoms with van der Waals surface area (Å²) in [6, 6.07) is 6.19. The van der Waals surface area contributed by atoms with Gasteiger partial charge in [0.15, 0.2) is 17.2 Å². The van der Waals surface area contributed by atoms with E-state index in [1.54, 1.807) is 12.1 Å². The molecular formula is C13H9BrO6S. The minimum absolute atomic E-state index is 0.0158. The van der Waals surface area contributed by atoms with Crippen LogP contribution in [0.2, 0.25) is 0 Å². The third-order valence-corrected chi connectivity index (χ3v) is 4.70. The summed E-state index contributed by atoms with van der Waals surface area (Å²) < 4.78 is 5.42. The maximum Gasteiger partial charge on any atom is 0.349 e. The predicted molar refractivity (Wildman–Crippen MR) is 79.2 cm³/mol. The van der Waals surface area contributed by atoms with Gasteiger partial charge in [0.25, 0.3) is 0 Å². The number of benzene rings is 1. The molecule has 0 atom stereocenters. The van der Waals surface area contributed by atoms with Crippen LogP contribution in [0.15, 0.2) is 28.7 Å².